The van der Waals surface area contributed by atoms with Crippen molar-refractivity contribution in [3.8, 4) is 5.75 Å². The zero-order valence-electron chi connectivity index (χ0n) is 20.4. The van der Waals surface area contributed by atoms with Crippen LogP contribution in [0, 0.1) is 5.82 Å². The monoisotopic (exact) mass is 546 g/mol. The molecule has 8 nitrogen and oxygen atoms in total. The first-order valence-corrected chi connectivity index (χ1v) is 12.6. The first-order chi connectivity index (χ1) is 17.0. The normalized spacial score (nSPS) is 17.0. The molecule has 1 heterocycles. The van der Waals surface area contributed by atoms with Crippen molar-refractivity contribution in [2.75, 3.05) is 0 Å². The summed E-state index contributed by atoms with van der Waals surface area (Å²) >= 11 is 0. The van der Waals surface area contributed by atoms with Crippen LogP contribution in [0.5, 0.6) is 5.75 Å². The molecule has 0 saturated carbocycles. The van der Waals surface area contributed by atoms with E-state index in [9.17, 15) is 35.6 Å². The number of carbonyl (C=O) groups is 2. The summed E-state index contributed by atoms with van der Waals surface area (Å²) in [5.74, 6) is -1.72. The highest BCUT2D eigenvalue weighted by Crippen LogP contribution is 2.32. The van der Waals surface area contributed by atoms with Gasteiger partial charge in [0.05, 0.1) is 12.6 Å². The number of amides is 2. The molecule has 0 aliphatic carbocycles. The van der Waals surface area contributed by atoms with Gasteiger partial charge in [-0.3, -0.25) is 9.69 Å². The van der Waals surface area contributed by atoms with Gasteiger partial charge in [0.1, 0.15) is 23.2 Å². The molecule has 0 spiro atoms. The van der Waals surface area contributed by atoms with Crippen LogP contribution in [0.1, 0.15) is 50.4 Å². The number of hydrogen-bond acceptors (Lipinski definition) is 6. The highest BCUT2D eigenvalue weighted by atomic mass is 32.2. The lowest BCUT2D eigenvalue weighted by Gasteiger charge is -2.37. The number of ether oxygens (including phenoxy) is 1. The molecule has 13 heteroatoms. The average Bonchev–Trinajstić information content (AvgIpc) is 2.76. The van der Waals surface area contributed by atoms with E-state index in [0.29, 0.717) is 5.56 Å². The summed E-state index contributed by atoms with van der Waals surface area (Å²) in [6.07, 6.45) is -0.928. The Morgan fingerprint density at radius 3 is 2.32 bits per heavy atom. The molecular weight excluding hydrogens is 520 g/mol. The first-order valence-electron chi connectivity index (χ1n) is 11.2. The van der Waals surface area contributed by atoms with Crippen LogP contribution in [0.25, 0.3) is 0 Å². The summed E-state index contributed by atoms with van der Waals surface area (Å²) in [6.45, 7) is 6.15. The lowest BCUT2D eigenvalue weighted by molar-refractivity contribution is -0.127. The summed E-state index contributed by atoms with van der Waals surface area (Å²) in [6, 6.07) is 7.47. The molecule has 0 saturated heterocycles. The van der Waals surface area contributed by atoms with Gasteiger partial charge in [-0.15, -0.1) is 0 Å². The number of fused-ring (bicyclic) bond motifs is 1. The lowest BCUT2D eigenvalue weighted by Crippen LogP contribution is -2.54. The van der Waals surface area contributed by atoms with Crippen molar-refractivity contribution < 1.29 is 44.5 Å². The van der Waals surface area contributed by atoms with E-state index in [4.69, 9.17) is 4.74 Å². The lowest BCUT2D eigenvalue weighted by atomic mass is 9.93. The second-order valence-corrected chi connectivity index (χ2v) is 11.0. The van der Waals surface area contributed by atoms with E-state index in [1.165, 1.54) is 24.3 Å². The van der Waals surface area contributed by atoms with Crippen LogP contribution in [0.3, 0.4) is 0 Å². The topological polar surface area (TPSA) is 102 Å². The number of hydrogen-bond donors (Lipinski definition) is 1. The van der Waals surface area contributed by atoms with E-state index in [1.54, 1.807) is 33.8 Å². The average molecular weight is 547 g/mol. The van der Waals surface area contributed by atoms with Gasteiger partial charge in [0.2, 0.25) is 5.91 Å². The van der Waals surface area contributed by atoms with Crippen LogP contribution < -0.4 is 9.50 Å². The molecule has 0 radical (unpaired) electrons. The van der Waals surface area contributed by atoms with Gasteiger partial charge in [0, 0.05) is 12.0 Å². The van der Waals surface area contributed by atoms with Gasteiger partial charge < -0.3 is 14.2 Å². The van der Waals surface area contributed by atoms with E-state index >= 15 is 0 Å². The first kappa shape index (κ1) is 28.2. The van der Waals surface area contributed by atoms with Crippen molar-refractivity contribution in [1.29, 1.82) is 0 Å². The van der Waals surface area contributed by atoms with Crippen molar-refractivity contribution in [2.24, 2.45) is 0 Å². The van der Waals surface area contributed by atoms with Crippen LogP contribution in [-0.4, -0.2) is 42.5 Å². The molecule has 2 aromatic rings. The van der Waals surface area contributed by atoms with Gasteiger partial charge in [-0.2, -0.15) is 21.6 Å². The van der Waals surface area contributed by atoms with Crippen LogP contribution in [0.15, 0.2) is 42.5 Å². The number of carbonyl (C=O) groups excluding carboxylic acids is 2. The minimum absolute atomic E-state index is 0.0588. The Labute approximate surface area is 211 Å². The zero-order chi connectivity index (χ0) is 27.8. The van der Waals surface area contributed by atoms with Crippen molar-refractivity contribution in [3.63, 3.8) is 0 Å². The number of alkyl halides is 3. The maximum atomic E-state index is 14.2. The Balaban J connectivity index is 1.91. The number of nitrogens with one attached hydrogen (secondary N) is 1. The predicted molar refractivity (Wildman–Crippen MR) is 124 cm³/mol. The molecule has 2 amide bonds. The molecular formula is C24H26F4N2O6S. The van der Waals surface area contributed by atoms with Crippen molar-refractivity contribution in [1.82, 2.24) is 10.2 Å². The number of benzene rings is 2. The van der Waals surface area contributed by atoms with E-state index in [2.05, 4.69) is 9.50 Å². The minimum atomic E-state index is -5.90. The molecule has 0 unspecified atom stereocenters. The van der Waals surface area contributed by atoms with E-state index in [1.807, 2.05) is 0 Å². The smallest absolute Gasteiger partial charge is 0.444 e. The molecule has 37 heavy (non-hydrogen) atoms. The quantitative estimate of drug-likeness (QED) is 0.334. The molecule has 1 aliphatic heterocycles. The second kappa shape index (κ2) is 10.2. The summed E-state index contributed by atoms with van der Waals surface area (Å²) in [5.41, 5.74) is -5.56. The Bertz CT molecular complexity index is 1290. The Morgan fingerprint density at radius 2 is 1.73 bits per heavy atom. The summed E-state index contributed by atoms with van der Waals surface area (Å²) < 4.78 is 84.8. The van der Waals surface area contributed by atoms with Crippen molar-refractivity contribution in [3.05, 3.63) is 65.0 Å². The summed E-state index contributed by atoms with van der Waals surface area (Å²) in [7, 11) is -5.90. The molecule has 2 atom stereocenters. The fourth-order valence-electron chi connectivity index (χ4n) is 3.75. The van der Waals surface area contributed by atoms with Crippen molar-refractivity contribution >= 4 is 22.1 Å². The van der Waals surface area contributed by atoms with Gasteiger partial charge in [-0.1, -0.05) is 24.3 Å². The summed E-state index contributed by atoms with van der Waals surface area (Å²) in [5, 5.41) is 2.69. The second-order valence-electron chi connectivity index (χ2n) is 9.49. The standard InChI is InChI=1S/C24H26F4N2O6S/c1-14(18-7-5-6-8-19(18)25)29-21(31)20-12-15-9-10-17(36-37(33,34)24(26,27)28)11-16(15)13-30(20)22(32)35-23(2,3)4/h5-11,14,20H,12-13H2,1-4H3,(H,29,31)/t14-,20+/m1/s1. The van der Waals surface area contributed by atoms with Crippen LogP contribution in [0.4, 0.5) is 22.4 Å². The SMILES string of the molecule is C[C@@H](NC(=O)[C@@H]1Cc2ccc(OS(=O)(=O)C(F)(F)F)cc2CN1C(=O)OC(C)(C)C)c1ccccc1F. The van der Waals surface area contributed by atoms with Gasteiger partial charge in [-0.25, -0.2) is 9.18 Å². The van der Waals surface area contributed by atoms with Crippen LogP contribution in [0.2, 0.25) is 0 Å². The summed E-state index contributed by atoms with van der Waals surface area (Å²) in [4.78, 5) is 27.3. The Hall–Kier alpha value is -3.35. The maximum absolute atomic E-state index is 14.2. The van der Waals surface area contributed by atoms with Gasteiger partial charge >= 0.3 is 21.7 Å². The van der Waals surface area contributed by atoms with Gasteiger partial charge in [0.15, 0.2) is 0 Å². The Morgan fingerprint density at radius 1 is 1.08 bits per heavy atom. The number of nitrogens with zero attached hydrogens (tertiary/aromatic N) is 1. The largest absolute Gasteiger partial charge is 0.534 e. The van der Waals surface area contributed by atoms with E-state index < -0.39 is 56.9 Å². The Kier molecular flexibility index (Phi) is 7.77. The fourth-order valence-corrected chi connectivity index (χ4v) is 4.20. The predicted octanol–water partition coefficient (Wildman–Crippen LogP) is 4.59. The molecule has 0 aromatic heterocycles. The fraction of sp³-hybridized carbons (Fsp3) is 0.417. The minimum Gasteiger partial charge on any atom is -0.444 e. The molecule has 2 aromatic carbocycles. The third-order valence-corrected chi connectivity index (χ3v) is 6.44. The van der Waals surface area contributed by atoms with Crippen LogP contribution in [-0.2, 0) is 32.6 Å². The number of halogens is 4. The highest BCUT2D eigenvalue weighted by Gasteiger charge is 2.48. The molecule has 0 fully saturated rings. The number of rotatable bonds is 5. The third-order valence-electron chi connectivity index (χ3n) is 5.46. The third kappa shape index (κ3) is 6.70. The van der Waals surface area contributed by atoms with E-state index in [0.717, 1.165) is 17.0 Å². The highest BCUT2D eigenvalue weighted by molar-refractivity contribution is 7.88. The molecule has 3 rings (SSSR count). The van der Waals surface area contributed by atoms with Crippen molar-refractivity contribution in [2.45, 2.75) is 63.9 Å². The van der Waals surface area contributed by atoms with E-state index in [-0.39, 0.29) is 24.1 Å². The molecule has 202 valence electrons. The molecule has 1 aliphatic rings. The molecule has 1 N–H and O–H groups in total. The van der Waals surface area contributed by atoms with Gasteiger partial charge in [0.25, 0.3) is 0 Å². The van der Waals surface area contributed by atoms with Gasteiger partial charge in [-0.05, 0) is 57.0 Å². The maximum Gasteiger partial charge on any atom is 0.534 e. The van der Waals surface area contributed by atoms with Crippen LogP contribution >= 0.6 is 0 Å². The zero-order valence-corrected chi connectivity index (χ0v) is 21.2. The molecule has 0 bridgehead atoms.